The summed E-state index contributed by atoms with van der Waals surface area (Å²) in [6.45, 7) is 4.24. The zero-order valence-corrected chi connectivity index (χ0v) is 12.0. The van der Waals surface area contributed by atoms with Gasteiger partial charge in [-0.1, -0.05) is 0 Å². The summed E-state index contributed by atoms with van der Waals surface area (Å²) in [5.74, 6) is -0.00289. The van der Waals surface area contributed by atoms with Gasteiger partial charge in [0.1, 0.15) is 0 Å². The first-order valence-corrected chi connectivity index (χ1v) is 6.89. The van der Waals surface area contributed by atoms with Gasteiger partial charge in [-0.15, -0.1) is 0 Å². The Balaban J connectivity index is 2.13. The van der Waals surface area contributed by atoms with Crippen molar-refractivity contribution in [1.29, 1.82) is 0 Å². The molecule has 1 saturated heterocycles. The zero-order valence-electron chi connectivity index (χ0n) is 12.0. The maximum Gasteiger partial charge on any atom is 0.165 e. The van der Waals surface area contributed by atoms with Crippen LogP contribution >= 0.6 is 0 Å². The average Bonchev–Trinajstić information content (AvgIpc) is 2.40. The molecule has 1 aromatic heterocycles. The van der Waals surface area contributed by atoms with E-state index in [-0.39, 0.29) is 24.9 Å². The number of hydrogen-bond acceptors (Lipinski definition) is 5. The van der Waals surface area contributed by atoms with Crippen molar-refractivity contribution in [2.24, 2.45) is 0 Å². The van der Waals surface area contributed by atoms with Crippen LogP contribution in [0.2, 0.25) is 0 Å². The smallest absolute Gasteiger partial charge is 0.165 e. The van der Waals surface area contributed by atoms with E-state index in [1.807, 2.05) is 4.90 Å². The molecular formula is C14H22FN3O2. The van der Waals surface area contributed by atoms with Crippen LogP contribution < -0.4 is 4.90 Å². The number of pyridine rings is 1. The number of likely N-dealkylation sites (N-methyl/N-ethyl adjacent to an activating group) is 1. The minimum Gasteiger partial charge on any atom is -0.394 e. The van der Waals surface area contributed by atoms with E-state index in [1.165, 1.54) is 6.07 Å². The van der Waals surface area contributed by atoms with Crippen LogP contribution in [0.3, 0.4) is 0 Å². The first-order chi connectivity index (χ1) is 9.51. The molecule has 0 unspecified atom stereocenters. The van der Waals surface area contributed by atoms with Crippen LogP contribution in [0.25, 0.3) is 0 Å². The van der Waals surface area contributed by atoms with E-state index in [2.05, 4.69) is 23.9 Å². The summed E-state index contributed by atoms with van der Waals surface area (Å²) in [5, 5.41) is 18.2. The number of hydrogen-bond donors (Lipinski definition) is 2. The molecule has 2 rings (SSSR count). The lowest BCUT2D eigenvalue weighted by Crippen LogP contribution is -2.51. The van der Waals surface area contributed by atoms with Crippen molar-refractivity contribution in [3.63, 3.8) is 0 Å². The molecule has 2 N–H and O–H groups in total. The maximum absolute atomic E-state index is 14.2. The Morgan fingerprint density at radius 1 is 1.50 bits per heavy atom. The fourth-order valence-electron chi connectivity index (χ4n) is 2.58. The highest BCUT2D eigenvalue weighted by molar-refractivity contribution is 5.43. The van der Waals surface area contributed by atoms with Crippen molar-refractivity contribution < 1.29 is 14.6 Å². The Bertz CT molecular complexity index is 458. The van der Waals surface area contributed by atoms with Crippen molar-refractivity contribution in [2.75, 3.05) is 38.2 Å². The van der Waals surface area contributed by atoms with Crippen LogP contribution in [0, 0.1) is 5.82 Å². The van der Waals surface area contributed by atoms with Crippen LogP contribution in [0.15, 0.2) is 12.3 Å². The summed E-state index contributed by atoms with van der Waals surface area (Å²) in [5.41, 5.74) is 0.592. The fraction of sp³-hybridized carbons (Fsp3) is 0.643. The highest BCUT2D eigenvalue weighted by atomic mass is 19.1. The van der Waals surface area contributed by atoms with Crippen LogP contribution in [0.5, 0.6) is 0 Å². The average molecular weight is 283 g/mol. The molecule has 1 fully saturated rings. The number of piperazine rings is 1. The van der Waals surface area contributed by atoms with Gasteiger partial charge in [-0.2, -0.15) is 0 Å². The van der Waals surface area contributed by atoms with Crippen molar-refractivity contribution in [3.8, 4) is 0 Å². The summed E-state index contributed by atoms with van der Waals surface area (Å²) < 4.78 is 14.2. The van der Waals surface area contributed by atoms with Gasteiger partial charge in [0, 0.05) is 38.3 Å². The molecule has 1 aliphatic rings. The van der Waals surface area contributed by atoms with E-state index >= 15 is 0 Å². The minimum absolute atomic E-state index is 0.207. The molecule has 20 heavy (non-hydrogen) atoms. The van der Waals surface area contributed by atoms with E-state index in [0.29, 0.717) is 11.4 Å². The molecule has 0 radical (unpaired) electrons. The van der Waals surface area contributed by atoms with Gasteiger partial charge in [-0.25, -0.2) is 9.37 Å². The standard InChI is InChI=1S/C14H22FN3O2/c1-10-8-17(2)3-4-18(10)14-13(15)6-11(7-16-14)5-12(20)9-19/h6-7,10,12,19-20H,3-5,8-9H2,1-2H3/t10-,12-/m0/s1. The summed E-state index contributed by atoms with van der Waals surface area (Å²) in [6.07, 6.45) is 0.908. The molecule has 0 aliphatic carbocycles. The zero-order chi connectivity index (χ0) is 14.7. The molecule has 2 heterocycles. The van der Waals surface area contributed by atoms with Gasteiger partial charge in [-0.3, -0.25) is 0 Å². The quantitative estimate of drug-likeness (QED) is 0.830. The number of aliphatic hydroxyl groups is 2. The Labute approximate surface area is 118 Å². The summed E-state index contributed by atoms with van der Waals surface area (Å²) in [4.78, 5) is 8.39. The van der Waals surface area contributed by atoms with Crippen molar-refractivity contribution in [2.45, 2.75) is 25.5 Å². The Hall–Kier alpha value is -1.24. The number of nitrogens with zero attached hydrogens (tertiary/aromatic N) is 3. The predicted molar refractivity (Wildman–Crippen MR) is 75.3 cm³/mol. The fourth-order valence-corrected chi connectivity index (χ4v) is 2.58. The van der Waals surface area contributed by atoms with Gasteiger partial charge in [0.05, 0.1) is 12.7 Å². The third kappa shape index (κ3) is 3.45. The second-order valence-electron chi connectivity index (χ2n) is 5.49. The van der Waals surface area contributed by atoms with Crippen LogP contribution in [0.4, 0.5) is 10.2 Å². The molecule has 2 atom stereocenters. The Kier molecular flexibility index (Phi) is 4.91. The van der Waals surface area contributed by atoms with Crippen LogP contribution in [-0.2, 0) is 6.42 Å². The molecule has 6 heteroatoms. The van der Waals surface area contributed by atoms with Gasteiger partial charge >= 0.3 is 0 Å². The van der Waals surface area contributed by atoms with Crippen molar-refractivity contribution in [1.82, 2.24) is 9.88 Å². The first kappa shape index (κ1) is 15.2. The molecule has 5 nitrogen and oxygen atoms in total. The van der Waals surface area contributed by atoms with Crippen molar-refractivity contribution in [3.05, 3.63) is 23.6 Å². The molecule has 0 amide bonds. The van der Waals surface area contributed by atoms with E-state index in [1.54, 1.807) is 6.20 Å². The topological polar surface area (TPSA) is 59.8 Å². The van der Waals surface area contributed by atoms with Crippen molar-refractivity contribution >= 4 is 5.82 Å². The third-order valence-corrected chi connectivity index (χ3v) is 3.66. The van der Waals surface area contributed by atoms with Gasteiger partial charge in [0.2, 0.25) is 0 Å². The highest BCUT2D eigenvalue weighted by Gasteiger charge is 2.25. The molecule has 0 spiro atoms. The first-order valence-electron chi connectivity index (χ1n) is 6.89. The summed E-state index contributed by atoms with van der Waals surface area (Å²) in [7, 11) is 2.05. The third-order valence-electron chi connectivity index (χ3n) is 3.66. The lowest BCUT2D eigenvalue weighted by molar-refractivity contribution is 0.0954. The monoisotopic (exact) mass is 283 g/mol. The predicted octanol–water partition coefficient (Wildman–Crippen LogP) is 0.257. The number of anilines is 1. The molecular weight excluding hydrogens is 261 g/mol. The van der Waals surface area contributed by atoms with E-state index < -0.39 is 6.10 Å². The van der Waals surface area contributed by atoms with Gasteiger partial charge in [0.25, 0.3) is 0 Å². The van der Waals surface area contributed by atoms with Crippen LogP contribution in [-0.4, -0.2) is 65.5 Å². The SMILES string of the molecule is C[C@H]1CN(C)CCN1c1ncc(C[C@H](O)CO)cc1F. The molecule has 1 aliphatic heterocycles. The van der Waals surface area contributed by atoms with E-state index in [9.17, 15) is 9.50 Å². The molecule has 112 valence electrons. The molecule has 0 bridgehead atoms. The lowest BCUT2D eigenvalue weighted by Gasteiger charge is -2.39. The summed E-state index contributed by atoms with van der Waals surface area (Å²) in [6, 6.07) is 1.61. The number of rotatable bonds is 4. The molecule has 0 saturated carbocycles. The largest absolute Gasteiger partial charge is 0.394 e. The van der Waals surface area contributed by atoms with Gasteiger partial charge in [0.15, 0.2) is 11.6 Å². The number of halogens is 1. The van der Waals surface area contributed by atoms with E-state index in [0.717, 1.165) is 19.6 Å². The number of aliphatic hydroxyl groups excluding tert-OH is 2. The molecule has 1 aromatic rings. The lowest BCUT2D eigenvalue weighted by atomic mass is 10.1. The maximum atomic E-state index is 14.2. The van der Waals surface area contributed by atoms with Crippen LogP contribution in [0.1, 0.15) is 12.5 Å². The van der Waals surface area contributed by atoms with E-state index in [4.69, 9.17) is 5.11 Å². The molecule has 0 aromatic carbocycles. The highest BCUT2D eigenvalue weighted by Crippen LogP contribution is 2.22. The minimum atomic E-state index is -0.871. The second kappa shape index (κ2) is 6.47. The van der Waals surface area contributed by atoms with Gasteiger partial charge < -0.3 is 20.0 Å². The number of aromatic nitrogens is 1. The Morgan fingerprint density at radius 2 is 2.25 bits per heavy atom. The Morgan fingerprint density at radius 3 is 2.85 bits per heavy atom. The second-order valence-corrected chi connectivity index (χ2v) is 5.49. The van der Waals surface area contributed by atoms with Gasteiger partial charge in [-0.05, 0) is 25.6 Å². The normalized spacial score (nSPS) is 22.1. The summed E-state index contributed by atoms with van der Waals surface area (Å²) >= 11 is 0.